The summed E-state index contributed by atoms with van der Waals surface area (Å²) >= 11 is 0. The molecule has 0 bridgehead atoms. The Morgan fingerprint density at radius 1 is 1.00 bits per heavy atom. The van der Waals surface area contributed by atoms with Crippen LogP contribution in [0.15, 0.2) is 34.1 Å². The summed E-state index contributed by atoms with van der Waals surface area (Å²) in [6.07, 6.45) is -1.21. The third kappa shape index (κ3) is 6.20. The molecule has 0 aromatic heterocycles. The molecule has 0 saturated carbocycles. The average molecular weight is 529 g/mol. The highest BCUT2D eigenvalue weighted by Gasteiger charge is 2.32. The number of carboxylic acids is 1. The summed E-state index contributed by atoms with van der Waals surface area (Å²) in [5.41, 5.74) is 8.92. The molecular formula is C28H36N2O6S. The minimum atomic E-state index is -4.21. The zero-order chi connectivity index (χ0) is 28.2. The molecule has 2 aromatic rings. The maximum atomic E-state index is 14.3. The number of benzene rings is 2. The molecule has 0 spiro atoms. The van der Waals surface area contributed by atoms with Crippen molar-refractivity contribution in [1.29, 1.82) is 5.26 Å². The SMILES string of the molecule is CC(C)c1ccc(S(=O)(=O)c2cc(C(C)OC=O)c(C#N)cc2C[C@H](N)C(=O)O)c(C(C)C)c1C(C)C. The first-order chi connectivity index (χ1) is 17.2. The Morgan fingerprint density at radius 3 is 2.05 bits per heavy atom. The van der Waals surface area contributed by atoms with Crippen LogP contribution in [0.4, 0.5) is 0 Å². The number of aliphatic carboxylic acids is 1. The van der Waals surface area contributed by atoms with Crippen LogP contribution in [0.3, 0.4) is 0 Å². The highest BCUT2D eigenvalue weighted by atomic mass is 32.2. The third-order valence-electron chi connectivity index (χ3n) is 6.44. The van der Waals surface area contributed by atoms with E-state index in [0.717, 1.165) is 11.1 Å². The van der Waals surface area contributed by atoms with Crippen molar-refractivity contribution in [3.05, 3.63) is 57.6 Å². The van der Waals surface area contributed by atoms with Gasteiger partial charge in [-0.05, 0) is 71.6 Å². The molecule has 2 rings (SSSR count). The molecule has 0 saturated heterocycles. The van der Waals surface area contributed by atoms with Crippen LogP contribution in [0.1, 0.15) is 106 Å². The number of carboxylic acid groups (broad SMARTS) is 1. The topological polar surface area (TPSA) is 148 Å². The second-order valence-electron chi connectivity index (χ2n) is 10.1. The summed E-state index contributed by atoms with van der Waals surface area (Å²) in [5, 5.41) is 19.1. The Hall–Kier alpha value is -3.22. The zero-order valence-corrected chi connectivity index (χ0v) is 23.2. The number of carbonyl (C=O) groups excluding carboxylic acids is 1. The van der Waals surface area contributed by atoms with Crippen LogP contribution in [0.5, 0.6) is 0 Å². The maximum Gasteiger partial charge on any atom is 0.320 e. The molecule has 0 aliphatic rings. The van der Waals surface area contributed by atoms with Gasteiger partial charge >= 0.3 is 5.97 Å². The lowest BCUT2D eigenvalue weighted by molar-refractivity contribution is -0.138. The number of nitrogens with zero attached hydrogens (tertiary/aromatic N) is 1. The van der Waals surface area contributed by atoms with Crippen LogP contribution in [-0.2, 0) is 30.6 Å². The van der Waals surface area contributed by atoms with Crippen molar-refractivity contribution >= 4 is 22.3 Å². The van der Waals surface area contributed by atoms with Crippen molar-refractivity contribution < 1.29 is 27.9 Å². The van der Waals surface area contributed by atoms with Crippen molar-refractivity contribution in [3.63, 3.8) is 0 Å². The van der Waals surface area contributed by atoms with E-state index < -0.39 is 28.0 Å². The van der Waals surface area contributed by atoms with Crippen LogP contribution in [0.25, 0.3) is 0 Å². The van der Waals surface area contributed by atoms with E-state index in [9.17, 15) is 28.4 Å². The number of sulfone groups is 1. The zero-order valence-electron chi connectivity index (χ0n) is 22.4. The largest absolute Gasteiger partial charge is 0.480 e. The highest BCUT2D eigenvalue weighted by molar-refractivity contribution is 7.91. The number of rotatable bonds is 11. The van der Waals surface area contributed by atoms with Crippen molar-refractivity contribution in [1.82, 2.24) is 0 Å². The molecule has 2 aromatic carbocycles. The predicted molar refractivity (Wildman–Crippen MR) is 140 cm³/mol. The first kappa shape index (κ1) is 30.0. The average Bonchev–Trinajstić information content (AvgIpc) is 2.82. The number of carbonyl (C=O) groups is 2. The summed E-state index contributed by atoms with van der Waals surface area (Å²) in [4.78, 5) is 22.5. The second-order valence-corrected chi connectivity index (χ2v) is 12.0. The normalized spacial score (nSPS) is 13.5. The van der Waals surface area contributed by atoms with Gasteiger partial charge in [0.15, 0.2) is 0 Å². The lowest BCUT2D eigenvalue weighted by Gasteiger charge is -2.26. The molecule has 0 aliphatic heterocycles. The van der Waals surface area contributed by atoms with Crippen molar-refractivity contribution in [2.45, 2.75) is 94.6 Å². The maximum absolute atomic E-state index is 14.3. The molecular weight excluding hydrogens is 492 g/mol. The molecule has 0 aliphatic carbocycles. The van der Waals surface area contributed by atoms with Gasteiger partial charge in [0.1, 0.15) is 12.1 Å². The van der Waals surface area contributed by atoms with E-state index in [1.807, 2.05) is 39.8 Å². The van der Waals surface area contributed by atoms with Gasteiger partial charge in [-0.25, -0.2) is 8.42 Å². The lowest BCUT2D eigenvalue weighted by atomic mass is 9.83. The quantitative estimate of drug-likeness (QED) is 0.389. The summed E-state index contributed by atoms with van der Waals surface area (Å²) in [6.45, 7) is 13.8. The summed E-state index contributed by atoms with van der Waals surface area (Å²) < 4.78 is 33.7. The summed E-state index contributed by atoms with van der Waals surface area (Å²) in [6, 6.07) is 6.69. The fraction of sp³-hybridized carbons (Fsp3) is 0.464. The third-order valence-corrected chi connectivity index (χ3v) is 8.34. The number of nitrogens with two attached hydrogens (primary N) is 1. The van der Waals surface area contributed by atoms with Crippen molar-refractivity contribution in [2.24, 2.45) is 5.73 Å². The van der Waals surface area contributed by atoms with E-state index in [0.29, 0.717) is 5.56 Å². The van der Waals surface area contributed by atoms with E-state index in [-0.39, 0.29) is 57.1 Å². The molecule has 2 atom stereocenters. The van der Waals surface area contributed by atoms with Gasteiger partial charge in [0.05, 0.1) is 21.4 Å². The number of hydrogen-bond acceptors (Lipinski definition) is 7. The molecule has 3 N–H and O–H groups in total. The Balaban J connectivity index is 3.01. The van der Waals surface area contributed by atoms with Crippen LogP contribution in [0.2, 0.25) is 0 Å². The van der Waals surface area contributed by atoms with Crippen molar-refractivity contribution in [2.75, 3.05) is 0 Å². The Morgan fingerprint density at radius 2 is 1.59 bits per heavy atom. The van der Waals surface area contributed by atoms with E-state index in [1.54, 1.807) is 6.07 Å². The fourth-order valence-electron chi connectivity index (χ4n) is 4.69. The second kappa shape index (κ2) is 11.9. The van der Waals surface area contributed by atoms with Crippen LogP contribution >= 0.6 is 0 Å². The minimum Gasteiger partial charge on any atom is -0.480 e. The van der Waals surface area contributed by atoms with E-state index in [4.69, 9.17) is 10.5 Å². The van der Waals surface area contributed by atoms with E-state index >= 15 is 0 Å². The van der Waals surface area contributed by atoms with Crippen LogP contribution in [-0.4, -0.2) is 32.0 Å². The molecule has 0 radical (unpaired) electrons. The first-order valence-electron chi connectivity index (χ1n) is 12.2. The Labute approximate surface area is 219 Å². The van der Waals surface area contributed by atoms with Gasteiger partial charge in [-0.15, -0.1) is 0 Å². The Kier molecular flexibility index (Phi) is 9.64. The van der Waals surface area contributed by atoms with Gasteiger partial charge in [-0.3, -0.25) is 9.59 Å². The molecule has 0 heterocycles. The molecule has 0 amide bonds. The minimum absolute atomic E-state index is 0.0578. The number of hydrogen-bond donors (Lipinski definition) is 2. The summed E-state index contributed by atoms with van der Waals surface area (Å²) in [5.74, 6) is -1.18. The van der Waals surface area contributed by atoms with Crippen LogP contribution < -0.4 is 5.73 Å². The number of nitriles is 1. The van der Waals surface area contributed by atoms with Gasteiger partial charge < -0.3 is 15.6 Å². The first-order valence-corrected chi connectivity index (χ1v) is 13.7. The lowest BCUT2D eigenvalue weighted by Crippen LogP contribution is -2.33. The molecule has 37 heavy (non-hydrogen) atoms. The van der Waals surface area contributed by atoms with Gasteiger partial charge in [-0.2, -0.15) is 5.26 Å². The summed E-state index contributed by atoms with van der Waals surface area (Å²) in [7, 11) is -4.21. The predicted octanol–water partition coefficient (Wildman–Crippen LogP) is 4.95. The number of ether oxygens (including phenoxy) is 1. The molecule has 0 fully saturated rings. The molecule has 1 unspecified atom stereocenters. The highest BCUT2D eigenvalue weighted by Crippen LogP contribution is 2.40. The molecule has 200 valence electrons. The smallest absolute Gasteiger partial charge is 0.320 e. The van der Waals surface area contributed by atoms with Gasteiger partial charge in [-0.1, -0.05) is 47.6 Å². The van der Waals surface area contributed by atoms with Gasteiger partial charge in [0.2, 0.25) is 9.84 Å². The van der Waals surface area contributed by atoms with Gasteiger partial charge in [0, 0.05) is 5.56 Å². The monoisotopic (exact) mass is 528 g/mol. The molecule has 9 heteroatoms. The fourth-order valence-corrected chi connectivity index (χ4v) is 6.58. The van der Waals surface area contributed by atoms with Gasteiger partial charge in [0.25, 0.3) is 6.47 Å². The Bertz CT molecular complexity index is 1320. The standard InChI is InChI=1S/C28H36N2O6S/c1-15(2)21-8-9-24(27(17(5)6)26(21)16(3)4)37(34,35)25-12-22(18(7)36-14-31)20(13-29)10-19(25)11-23(30)28(32)33/h8-10,12,14-18,23H,11,30H2,1-7H3,(H,32,33)/t18?,23-/m0/s1. The van der Waals surface area contributed by atoms with Crippen molar-refractivity contribution in [3.8, 4) is 6.07 Å². The molecule has 8 nitrogen and oxygen atoms in total. The van der Waals surface area contributed by atoms with Crippen LogP contribution in [0, 0.1) is 11.3 Å². The van der Waals surface area contributed by atoms with E-state index in [1.165, 1.54) is 19.1 Å². The van der Waals surface area contributed by atoms with E-state index in [2.05, 4.69) is 13.8 Å².